The van der Waals surface area contributed by atoms with E-state index >= 15 is 0 Å². The molecule has 0 fully saturated rings. The van der Waals surface area contributed by atoms with Gasteiger partial charge in [-0.3, -0.25) is 4.79 Å². The molecule has 6 nitrogen and oxygen atoms in total. The number of phenols is 1. The van der Waals surface area contributed by atoms with Gasteiger partial charge in [0, 0.05) is 17.3 Å². The molecule has 2 aromatic carbocycles. The SMILES string of the molecule is COc1ccc(NC(=O)c2ccc(N)c(O)c2)cc1OC. The van der Waals surface area contributed by atoms with E-state index in [0.717, 1.165) is 0 Å². The third kappa shape index (κ3) is 3.17. The molecule has 1 amide bonds. The minimum absolute atomic E-state index is 0.130. The fourth-order valence-corrected chi connectivity index (χ4v) is 1.80. The van der Waals surface area contributed by atoms with Crippen molar-refractivity contribution >= 4 is 17.3 Å². The summed E-state index contributed by atoms with van der Waals surface area (Å²) in [6.45, 7) is 0. The highest BCUT2D eigenvalue weighted by Crippen LogP contribution is 2.30. The van der Waals surface area contributed by atoms with Gasteiger partial charge in [-0.25, -0.2) is 0 Å². The molecule has 0 saturated heterocycles. The summed E-state index contributed by atoms with van der Waals surface area (Å²) in [7, 11) is 3.05. The minimum atomic E-state index is -0.363. The Morgan fingerprint density at radius 3 is 2.43 bits per heavy atom. The van der Waals surface area contributed by atoms with Crippen LogP contribution in [-0.4, -0.2) is 25.2 Å². The highest BCUT2D eigenvalue weighted by molar-refractivity contribution is 6.05. The molecule has 110 valence electrons. The van der Waals surface area contributed by atoms with Crippen LogP contribution >= 0.6 is 0 Å². The summed E-state index contributed by atoms with van der Waals surface area (Å²) < 4.78 is 10.3. The summed E-state index contributed by atoms with van der Waals surface area (Å²) in [6.07, 6.45) is 0. The average molecular weight is 288 g/mol. The molecule has 0 heterocycles. The second kappa shape index (κ2) is 6.04. The van der Waals surface area contributed by atoms with E-state index in [4.69, 9.17) is 15.2 Å². The van der Waals surface area contributed by atoms with Gasteiger partial charge in [-0.2, -0.15) is 0 Å². The van der Waals surface area contributed by atoms with Gasteiger partial charge in [0.2, 0.25) is 0 Å². The van der Waals surface area contributed by atoms with Crippen LogP contribution in [0.15, 0.2) is 36.4 Å². The van der Waals surface area contributed by atoms with E-state index in [1.54, 1.807) is 18.2 Å². The van der Waals surface area contributed by atoms with Crippen LogP contribution in [0, 0.1) is 0 Å². The zero-order chi connectivity index (χ0) is 15.4. The maximum absolute atomic E-state index is 12.1. The Morgan fingerprint density at radius 1 is 1.10 bits per heavy atom. The maximum atomic E-state index is 12.1. The lowest BCUT2D eigenvalue weighted by Gasteiger charge is -2.11. The number of phenolic OH excluding ortho intramolecular Hbond substituents is 1. The number of ether oxygens (including phenoxy) is 2. The Morgan fingerprint density at radius 2 is 1.81 bits per heavy atom. The van der Waals surface area contributed by atoms with E-state index < -0.39 is 0 Å². The van der Waals surface area contributed by atoms with E-state index in [1.165, 1.54) is 32.4 Å². The third-order valence-electron chi connectivity index (χ3n) is 2.93. The van der Waals surface area contributed by atoms with Crippen LogP contribution in [0.3, 0.4) is 0 Å². The number of methoxy groups -OCH3 is 2. The molecule has 0 aromatic heterocycles. The van der Waals surface area contributed by atoms with E-state index in [-0.39, 0.29) is 17.3 Å². The van der Waals surface area contributed by atoms with Crippen molar-refractivity contribution in [3.63, 3.8) is 0 Å². The van der Waals surface area contributed by atoms with Crippen LogP contribution in [0.2, 0.25) is 0 Å². The summed E-state index contributed by atoms with van der Waals surface area (Å²) in [6, 6.07) is 9.34. The molecule has 0 aliphatic heterocycles. The molecule has 0 spiro atoms. The van der Waals surface area contributed by atoms with Crippen molar-refractivity contribution in [2.24, 2.45) is 0 Å². The molecule has 0 radical (unpaired) electrons. The Kier molecular flexibility index (Phi) is 4.18. The molecule has 0 bridgehead atoms. The van der Waals surface area contributed by atoms with Crippen molar-refractivity contribution in [2.45, 2.75) is 0 Å². The van der Waals surface area contributed by atoms with E-state index in [2.05, 4.69) is 5.32 Å². The van der Waals surface area contributed by atoms with Gasteiger partial charge in [0.25, 0.3) is 5.91 Å². The van der Waals surface area contributed by atoms with E-state index in [9.17, 15) is 9.90 Å². The van der Waals surface area contributed by atoms with E-state index in [0.29, 0.717) is 22.7 Å². The first-order valence-electron chi connectivity index (χ1n) is 6.17. The fraction of sp³-hybridized carbons (Fsp3) is 0.133. The van der Waals surface area contributed by atoms with Gasteiger partial charge in [0.05, 0.1) is 19.9 Å². The number of rotatable bonds is 4. The highest BCUT2D eigenvalue weighted by Gasteiger charge is 2.10. The predicted molar refractivity (Wildman–Crippen MR) is 80.0 cm³/mol. The molecule has 0 aliphatic rings. The number of nitrogens with one attached hydrogen (secondary N) is 1. The number of benzene rings is 2. The molecule has 6 heteroatoms. The second-order valence-electron chi connectivity index (χ2n) is 4.30. The Balaban J connectivity index is 2.21. The van der Waals surface area contributed by atoms with Crippen molar-refractivity contribution in [1.29, 1.82) is 0 Å². The van der Waals surface area contributed by atoms with Crippen molar-refractivity contribution < 1.29 is 19.4 Å². The van der Waals surface area contributed by atoms with Gasteiger partial charge in [0.1, 0.15) is 5.75 Å². The number of carbonyl (C=O) groups excluding carboxylic acids is 1. The lowest BCUT2D eigenvalue weighted by atomic mass is 10.1. The number of hydrogen-bond donors (Lipinski definition) is 3. The topological polar surface area (TPSA) is 93.8 Å². The van der Waals surface area contributed by atoms with Crippen LogP contribution in [0.5, 0.6) is 17.2 Å². The predicted octanol–water partition coefficient (Wildman–Crippen LogP) is 2.24. The van der Waals surface area contributed by atoms with Gasteiger partial charge >= 0.3 is 0 Å². The largest absolute Gasteiger partial charge is 0.506 e. The third-order valence-corrected chi connectivity index (χ3v) is 2.93. The van der Waals surface area contributed by atoms with Crippen LogP contribution in [0.25, 0.3) is 0 Å². The summed E-state index contributed by atoms with van der Waals surface area (Å²) in [4.78, 5) is 12.1. The lowest BCUT2D eigenvalue weighted by molar-refractivity contribution is 0.102. The number of amides is 1. The van der Waals surface area contributed by atoms with Crippen molar-refractivity contribution in [2.75, 3.05) is 25.3 Å². The number of nitrogen functional groups attached to an aromatic ring is 1. The zero-order valence-corrected chi connectivity index (χ0v) is 11.7. The first-order valence-corrected chi connectivity index (χ1v) is 6.17. The number of hydrogen-bond acceptors (Lipinski definition) is 5. The normalized spacial score (nSPS) is 10.0. The Hall–Kier alpha value is -2.89. The quantitative estimate of drug-likeness (QED) is 0.592. The summed E-state index contributed by atoms with van der Waals surface area (Å²) >= 11 is 0. The van der Waals surface area contributed by atoms with E-state index in [1.807, 2.05) is 0 Å². The minimum Gasteiger partial charge on any atom is -0.506 e. The summed E-state index contributed by atoms with van der Waals surface area (Å²) in [5.74, 6) is 0.587. The number of nitrogens with two attached hydrogens (primary N) is 1. The van der Waals surface area contributed by atoms with Gasteiger partial charge in [-0.15, -0.1) is 0 Å². The van der Waals surface area contributed by atoms with Crippen LogP contribution < -0.4 is 20.5 Å². The maximum Gasteiger partial charge on any atom is 0.255 e. The monoisotopic (exact) mass is 288 g/mol. The Bertz CT molecular complexity index is 671. The summed E-state index contributed by atoms with van der Waals surface area (Å²) in [5.41, 5.74) is 6.57. The number of anilines is 2. The Labute approximate surface area is 122 Å². The lowest BCUT2D eigenvalue weighted by Crippen LogP contribution is -2.12. The molecule has 0 atom stereocenters. The first-order chi connectivity index (χ1) is 10.0. The smallest absolute Gasteiger partial charge is 0.255 e. The van der Waals surface area contributed by atoms with Gasteiger partial charge in [0.15, 0.2) is 11.5 Å². The zero-order valence-electron chi connectivity index (χ0n) is 11.7. The van der Waals surface area contributed by atoms with Gasteiger partial charge in [-0.1, -0.05) is 0 Å². The van der Waals surface area contributed by atoms with Crippen molar-refractivity contribution in [1.82, 2.24) is 0 Å². The van der Waals surface area contributed by atoms with Crippen LogP contribution in [0.1, 0.15) is 10.4 Å². The standard InChI is InChI=1S/C15H16N2O4/c1-20-13-6-4-10(8-14(13)21-2)17-15(19)9-3-5-11(16)12(18)7-9/h3-8,18H,16H2,1-2H3,(H,17,19). The second-order valence-corrected chi connectivity index (χ2v) is 4.30. The average Bonchev–Trinajstić information content (AvgIpc) is 2.49. The number of aromatic hydroxyl groups is 1. The molecular formula is C15H16N2O4. The van der Waals surface area contributed by atoms with Crippen LogP contribution in [-0.2, 0) is 0 Å². The summed E-state index contributed by atoms with van der Waals surface area (Å²) in [5, 5.41) is 12.2. The first kappa shape index (κ1) is 14.5. The molecule has 0 saturated carbocycles. The molecule has 0 aliphatic carbocycles. The molecule has 2 aromatic rings. The molecule has 21 heavy (non-hydrogen) atoms. The van der Waals surface area contributed by atoms with Crippen LogP contribution in [0.4, 0.5) is 11.4 Å². The molecule has 0 unspecified atom stereocenters. The van der Waals surface area contributed by atoms with Crippen molar-refractivity contribution in [3.8, 4) is 17.2 Å². The fourth-order valence-electron chi connectivity index (χ4n) is 1.80. The van der Waals surface area contributed by atoms with Gasteiger partial charge < -0.3 is 25.6 Å². The van der Waals surface area contributed by atoms with Gasteiger partial charge in [-0.05, 0) is 30.3 Å². The molecular weight excluding hydrogens is 272 g/mol. The molecule has 4 N–H and O–H groups in total. The number of carbonyl (C=O) groups is 1. The molecule has 2 rings (SSSR count). The van der Waals surface area contributed by atoms with Crippen molar-refractivity contribution in [3.05, 3.63) is 42.0 Å². The highest BCUT2D eigenvalue weighted by atomic mass is 16.5.